The molecule has 0 saturated carbocycles. The lowest BCUT2D eigenvalue weighted by atomic mass is 9.77. The second-order valence-corrected chi connectivity index (χ2v) is 12.1. The van der Waals surface area contributed by atoms with Gasteiger partial charge in [-0.1, -0.05) is 91.0 Å². The van der Waals surface area contributed by atoms with E-state index in [1.54, 1.807) is 27.1 Å². The minimum Gasteiger partial charge on any atom is -0.467 e. The molecule has 1 aromatic heterocycles. The number of alkyl carbamates (subject to hydrolysis) is 1. The minimum absolute atomic E-state index is 0.0315. The largest absolute Gasteiger partial charge is 0.467 e. The highest BCUT2D eigenvalue weighted by atomic mass is 16.6. The van der Waals surface area contributed by atoms with Crippen molar-refractivity contribution < 1.29 is 23.9 Å². The first-order valence-corrected chi connectivity index (χ1v) is 14.5. The summed E-state index contributed by atoms with van der Waals surface area (Å²) in [6, 6.07) is 29.3. The van der Waals surface area contributed by atoms with Crippen molar-refractivity contribution in [3.8, 4) is 0 Å². The van der Waals surface area contributed by atoms with Gasteiger partial charge in [0.15, 0.2) is 0 Å². The van der Waals surface area contributed by atoms with E-state index in [1.165, 1.54) is 21.0 Å². The Morgan fingerprint density at radius 1 is 0.795 bits per heavy atom. The van der Waals surface area contributed by atoms with Gasteiger partial charge in [-0.3, -0.25) is 4.79 Å². The monoisotopic (exact) mass is 596 g/mol. The van der Waals surface area contributed by atoms with E-state index in [4.69, 9.17) is 14.5 Å². The number of esters is 1. The van der Waals surface area contributed by atoms with E-state index in [-0.39, 0.29) is 6.42 Å². The van der Waals surface area contributed by atoms with Crippen molar-refractivity contribution in [2.45, 2.75) is 63.8 Å². The quantitative estimate of drug-likeness (QED) is 0.192. The average Bonchev–Trinajstić information content (AvgIpc) is 3.46. The molecule has 1 heterocycles. The molecule has 4 aromatic rings. The van der Waals surface area contributed by atoms with Gasteiger partial charge in [-0.25, -0.2) is 14.6 Å². The van der Waals surface area contributed by atoms with E-state index in [9.17, 15) is 14.4 Å². The molecule has 1 unspecified atom stereocenters. The summed E-state index contributed by atoms with van der Waals surface area (Å²) in [7, 11) is 1.25. The van der Waals surface area contributed by atoms with Crippen LogP contribution < -0.4 is 10.6 Å². The molecule has 230 valence electrons. The number of hydrogen-bond acceptors (Lipinski definition) is 6. The molecular weight excluding hydrogens is 556 g/mol. The molecule has 4 rings (SSSR count). The van der Waals surface area contributed by atoms with Gasteiger partial charge in [0.05, 0.1) is 19.1 Å². The third kappa shape index (κ3) is 7.16. The second-order valence-electron chi connectivity index (χ2n) is 12.1. The maximum Gasteiger partial charge on any atom is 0.408 e. The number of carbonyl (C=O) groups excluding carboxylic acids is 3. The summed E-state index contributed by atoms with van der Waals surface area (Å²) in [6.45, 7) is 8.27. The lowest BCUT2D eigenvalue weighted by molar-refractivity contribution is -0.149. The highest BCUT2D eigenvalue weighted by molar-refractivity contribution is 5.91. The molecule has 0 bridgehead atoms. The van der Waals surface area contributed by atoms with Crippen LogP contribution in [0.25, 0.3) is 0 Å². The molecule has 0 saturated heterocycles. The van der Waals surface area contributed by atoms with Crippen LogP contribution in [0, 0.1) is 0 Å². The minimum atomic E-state index is -1.33. The Kier molecular flexibility index (Phi) is 9.57. The predicted molar refractivity (Wildman–Crippen MR) is 168 cm³/mol. The van der Waals surface area contributed by atoms with Crippen LogP contribution in [0.4, 0.5) is 4.79 Å². The molecule has 0 aliphatic heterocycles. The number of methoxy groups -OCH3 is 1. The van der Waals surface area contributed by atoms with Crippen LogP contribution in [0.3, 0.4) is 0 Å². The number of rotatable bonds is 10. The maximum absolute atomic E-state index is 13.5. The van der Waals surface area contributed by atoms with Gasteiger partial charge >= 0.3 is 12.1 Å². The number of benzene rings is 3. The van der Waals surface area contributed by atoms with Crippen LogP contribution >= 0.6 is 0 Å². The summed E-state index contributed by atoms with van der Waals surface area (Å²) in [5.41, 5.74) is 0.690. The van der Waals surface area contributed by atoms with Gasteiger partial charge in [-0.15, -0.1) is 0 Å². The van der Waals surface area contributed by atoms with Crippen molar-refractivity contribution in [1.82, 2.24) is 20.2 Å². The van der Waals surface area contributed by atoms with Crippen LogP contribution in [0.5, 0.6) is 0 Å². The third-order valence-corrected chi connectivity index (χ3v) is 7.15. The van der Waals surface area contributed by atoms with Crippen molar-refractivity contribution in [2.24, 2.45) is 0 Å². The van der Waals surface area contributed by atoms with Crippen LogP contribution in [-0.4, -0.2) is 51.8 Å². The lowest BCUT2D eigenvalue weighted by Gasteiger charge is -2.37. The van der Waals surface area contributed by atoms with E-state index in [0.29, 0.717) is 5.69 Å². The van der Waals surface area contributed by atoms with E-state index in [0.717, 1.165) is 16.7 Å². The predicted octanol–water partition coefficient (Wildman–Crippen LogP) is 5.23. The molecule has 2 N–H and O–H groups in total. The van der Waals surface area contributed by atoms with Crippen molar-refractivity contribution in [1.29, 1.82) is 0 Å². The topological polar surface area (TPSA) is 112 Å². The van der Waals surface area contributed by atoms with Crippen LogP contribution in [0.15, 0.2) is 104 Å². The zero-order valence-corrected chi connectivity index (χ0v) is 26.0. The molecule has 3 aromatic carbocycles. The third-order valence-electron chi connectivity index (χ3n) is 7.15. The Balaban J connectivity index is 1.78. The molecule has 9 nitrogen and oxygen atoms in total. The summed E-state index contributed by atoms with van der Waals surface area (Å²) < 4.78 is 12.3. The standard InChI is InChI=1S/C35H40N4O5/c1-33(2,3)44-32(42)37-29(30(40)38-34(4,5)31(41)43-6)22-28-23-39(24-36-28)35(25-16-10-7-11-17-25,26-18-12-8-13-19-26)27-20-14-9-15-21-27/h7-21,23-24,29H,22H2,1-6H3,(H,37,42)(H,38,40). The summed E-state index contributed by atoms with van der Waals surface area (Å²) in [4.78, 5) is 43.4. The Bertz CT molecular complexity index is 1460. The maximum atomic E-state index is 13.5. The fraction of sp³-hybridized carbons (Fsp3) is 0.314. The van der Waals surface area contributed by atoms with Crippen molar-refractivity contribution in [3.05, 3.63) is 126 Å². The van der Waals surface area contributed by atoms with E-state index in [1.807, 2.05) is 65.4 Å². The van der Waals surface area contributed by atoms with Crippen molar-refractivity contribution >= 4 is 18.0 Å². The molecule has 9 heteroatoms. The number of hydrogen-bond donors (Lipinski definition) is 2. The van der Waals surface area contributed by atoms with E-state index in [2.05, 4.69) is 47.0 Å². The van der Waals surface area contributed by atoms with Gasteiger partial charge < -0.3 is 24.7 Å². The first-order valence-electron chi connectivity index (χ1n) is 14.5. The van der Waals surface area contributed by atoms with Crippen molar-refractivity contribution in [3.63, 3.8) is 0 Å². The average molecular weight is 597 g/mol. The molecule has 44 heavy (non-hydrogen) atoms. The number of nitrogens with one attached hydrogen (secondary N) is 2. The van der Waals surface area contributed by atoms with Crippen LogP contribution in [0.1, 0.15) is 57.0 Å². The fourth-order valence-electron chi connectivity index (χ4n) is 5.21. The second kappa shape index (κ2) is 13.2. The highest BCUT2D eigenvalue weighted by Crippen LogP contribution is 2.40. The lowest BCUT2D eigenvalue weighted by Crippen LogP contribution is -2.57. The Morgan fingerprint density at radius 3 is 1.70 bits per heavy atom. The Hall–Kier alpha value is -4.92. The van der Waals surface area contributed by atoms with E-state index < -0.39 is 40.7 Å². The number of amides is 2. The van der Waals surface area contributed by atoms with Gasteiger partial charge in [-0.05, 0) is 51.3 Å². The Labute approximate surface area is 258 Å². The number of carbonyl (C=O) groups is 3. The molecular formula is C35H40N4O5. The van der Waals surface area contributed by atoms with Crippen LogP contribution in [0.2, 0.25) is 0 Å². The molecule has 2 amide bonds. The number of ether oxygens (including phenoxy) is 2. The first kappa shape index (κ1) is 32.0. The van der Waals surface area contributed by atoms with Crippen molar-refractivity contribution in [2.75, 3.05) is 7.11 Å². The fourth-order valence-corrected chi connectivity index (χ4v) is 5.21. The molecule has 1 atom stereocenters. The molecule has 0 aliphatic rings. The van der Waals surface area contributed by atoms with Gasteiger partial charge in [0.2, 0.25) is 5.91 Å². The molecule has 0 spiro atoms. The number of aromatic nitrogens is 2. The normalized spacial score (nSPS) is 12.6. The highest BCUT2D eigenvalue weighted by Gasteiger charge is 2.39. The zero-order chi connectivity index (χ0) is 32.0. The summed E-state index contributed by atoms with van der Waals surface area (Å²) in [5.74, 6) is -1.20. The SMILES string of the molecule is COC(=O)C(C)(C)NC(=O)C(Cc1cn(C(c2ccccc2)(c2ccccc2)c2ccccc2)cn1)NC(=O)OC(C)(C)C. The van der Waals surface area contributed by atoms with Gasteiger partial charge in [0.25, 0.3) is 0 Å². The molecule has 0 fully saturated rings. The first-order chi connectivity index (χ1) is 20.9. The van der Waals surface area contributed by atoms with Gasteiger partial charge in [0.1, 0.15) is 22.7 Å². The zero-order valence-electron chi connectivity index (χ0n) is 26.0. The number of imidazole rings is 1. The molecule has 0 radical (unpaired) electrons. The summed E-state index contributed by atoms with van der Waals surface area (Å²) >= 11 is 0. The molecule has 0 aliphatic carbocycles. The van der Waals surface area contributed by atoms with Gasteiger partial charge in [-0.2, -0.15) is 0 Å². The Morgan fingerprint density at radius 2 is 1.27 bits per heavy atom. The summed E-state index contributed by atoms with van der Waals surface area (Å²) in [6.07, 6.45) is 2.89. The van der Waals surface area contributed by atoms with E-state index >= 15 is 0 Å². The summed E-state index contributed by atoms with van der Waals surface area (Å²) in [5, 5.41) is 5.36. The van der Waals surface area contributed by atoms with Crippen LogP contribution in [-0.2, 0) is 31.0 Å². The van der Waals surface area contributed by atoms with Gasteiger partial charge in [0, 0.05) is 12.6 Å². The smallest absolute Gasteiger partial charge is 0.408 e. The number of nitrogens with zero attached hydrogens (tertiary/aromatic N) is 2.